The second-order valence-electron chi connectivity index (χ2n) is 5.78. The van der Waals surface area contributed by atoms with E-state index in [1.807, 2.05) is 45.0 Å². The van der Waals surface area contributed by atoms with E-state index < -0.39 is 5.60 Å². The van der Waals surface area contributed by atoms with Gasteiger partial charge in [-0.2, -0.15) is 0 Å². The highest BCUT2D eigenvalue weighted by Crippen LogP contribution is 2.12. The molecular formula is C15H23N5O2. The smallest absolute Gasteiger partial charge is 0.410 e. The van der Waals surface area contributed by atoms with Crippen molar-refractivity contribution in [2.75, 3.05) is 7.05 Å². The Morgan fingerprint density at radius 2 is 1.91 bits per heavy atom. The lowest BCUT2D eigenvalue weighted by Gasteiger charge is -2.24. The number of amidine groups is 1. The lowest BCUT2D eigenvalue weighted by Crippen LogP contribution is -2.33. The van der Waals surface area contributed by atoms with Gasteiger partial charge < -0.3 is 21.1 Å². The normalized spacial score (nSPS) is 12.5. The second kappa shape index (κ2) is 7.44. The van der Waals surface area contributed by atoms with Gasteiger partial charge in [0.2, 0.25) is 0 Å². The minimum absolute atomic E-state index is 0.272. The van der Waals surface area contributed by atoms with E-state index in [-0.39, 0.29) is 11.9 Å². The van der Waals surface area contributed by atoms with Crippen molar-refractivity contribution in [3.05, 3.63) is 35.4 Å². The lowest BCUT2D eigenvalue weighted by molar-refractivity contribution is 0.0285. The van der Waals surface area contributed by atoms with Gasteiger partial charge in [-0.3, -0.25) is 0 Å². The van der Waals surface area contributed by atoms with E-state index in [2.05, 4.69) is 10.2 Å². The van der Waals surface area contributed by atoms with Crippen LogP contribution < -0.4 is 11.5 Å². The standard InChI is InChI=1S/C15H23N5O2/c1-15(2,3)22-14(21)20(4)9-11-5-7-12(8-6-11)13(17)19-18-10-16/h5-8,10H,9H2,1-4H3,(H2,16,18)(H2,17,19). The molecule has 0 spiro atoms. The first-order chi connectivity index (χ1) is 10.2. The number of nitrogens with two attached hydrogens (primary N) is 2. The molecule has 1 amide bonds. The molecule has 22 heavy (non-hydrogen) atoms. The van der Waals surface area contributed by atoms with Gasteiger partial charge in [0.15, 0.2) is 5.84 Å². The lowest BCUT2D eigenvalue weighted by atomic mass is 10.1. The number of benzene rings is 1. The van der Waals surface area contributed by atoms with Crippen molar-refractivity contribution in [2.45, 2.75) is 32.9 Å². The number of hydrogen-bond acceptors (Lipinski definition) is 4. The molecule has 0 bridgehead atoms. The molecule has 0 fully saturated rings. The highest BCUT2D eigenvalue weighted by Gasteiger charge is 2.19. The zero-order valence-electron chi connectivity index (χ0n) is 13.4. The molecule has 1 rings (SSSR count). The van der Waals surface area contributed by atoms with Crippen LogP contribution in [0.2, 0.25) is 0 Å². The van der Waals surface area contributed by atoms with Crippen LogP contribution in [0.3, 0.4) is 0 Å². The average Bonchev–Trinajstić information content (AvgIpc) is 2.43. The van der Waals surface area contributed by atoms with Crippen LogP contribution in [0.15, 0.2) is 34.5 Å². The molecule has 0 saturated carbocycles. The zero-order valence-corrected chi connectivity index (χ0v) is 13.4. The Balaban J connectivity index is 2.70. The molecule has 0 aliphatic heterocycles. The summed E-state index contributed by atoms with van der Waals surface area (Å²) in [5.74, 6) is 0.272. The van der Waals surface area contributed by atoms with Crippen LogP contribution in [-0.4, -0.2) is 35.8 Å². The van der Waals surface area contributed by atoms with E-state index in [1.54, 1.807) is 7.05 Å². The number of nitrogens with zero attached hydrogens (tertiary/aromatic N) is 3. The molecule has 7 nitrogen and oxygen atoms in total. The van der Waals surface area contributed by atoms with Gasteiger partial charge in [-0.15, -0.1) is 10.2 Å². The Hall–Kier alpha value is -2.57. The Labute approximate surface area is 130 Å². The van der Waals surface area contributed by atoms with Crippen molar-refractivity contribution in [3.8, 4) is 0 Å². The van der Waals surface area contributed by atoms with E-state index in [0.29, 0.717) is 6.54 Å². The van der Waals surface area contributed by atoms with Crippen LogP contribution in [0.4, 0.5) is 4.79 Å². The Morgan fingerprint density at radius 1 is 1.32 bits per heavy atom. The fourth-order valence-corrected chi connectivity index (χ4v) is 1.61. The van der Waals surface area contributed by atoms with Gasteiger partial charge in [0.25, 0.3) is 0 Å². The fourth-order valence-electron chi connectivity index (χ4n) is 1.61. The topological polar surface area (TPSA) is 106 Å². The monoisotopic (exact) mass is 305 g/mol. The van der Waals surface area contributed by atoms with Gasteiger partial charge in [-0.25, -0.2) is 4.79 Å². The summed E-state index contributed by atoms with van der Waals surface area (Å²) in [7, 11) is 1.69. The third-order valence-corrected chi connectivity index (χ3v) is 2.61. The van der Waals surface area contributed by atoms with Gasteiger partial charge in [0, 0.05) is 19.2 Å². The van der Waals surface area contributed by atoms with Gasteiger partial charge in [0.1, 0.15) is 11.9 Å². The fraction of sp³-hybridized carbons (Fsp3) is 0.400. The third kappa shape index (κ3) is 5.82. The Kier molecular flexibility index (Phi) is 5.91. The van der Waals surface area contributed by atoms with Gasteiger partial charge in [-0.1, -0.05) is 24.3 Å². The van der Waals surface area contributed by atoms with Crippen LogP contribution >= 0.6 is 0 Å². The van der Waals surface area contributed by atoms with Crippen molar-refractivity contribution in [2.24, 2.45) is 21.7 Å². The summed E-state index contributed by atoms with van der Waals surface area (Å²) in [6.45, 7) is 5.94. The molecule has 120 valence electrons. The average molecular weight is 305 g/mol. The highest BCUT2D eigenvalue weighted by molar-refractivity contribution is 5.97. The predicted octanol–water partition coefficient (Wildman–Crippen LogP) is 1.66. The summed E-state index contributed by atoms with van der Waals surface area (Å²) in [6.07, 6.45) is 0.701. The van der Waals surface area contributed by atoms with Crippen molar-refractivity contribution < 1.29 is 9.53 Å². The van der Waals surface area contributed by atoms with Crippen molar-refractivity contribution in [1.82, 2.24) is 4.90 Å². The first-order valence-corrected chi connectivity index (χ1v) is 6.83. The molecule has 0 atom stereocenters. The van der Waals surface area contributed by atoms with Crippen LogP contribution in [-0.2, 0) is 11.3 Å². The summed E-state index contributed by atoms with van der Waals surface area (Å²) in [5, 5.41) is 7.25. The molecule has 0 aromatic heterocycles. The van der Waals surface area contributed by atoms with Gasteiger partial charge >= 0.3 is 6.09 Å². The first-order valence-electron chi connectivity index (χ1n) is 6.83. The molecule has 0 heterocycles. The Morgan fingerprint density at radius 3 is 2.41 bits per heavy atom. The first kappa shape index (κ1) is 17.5. The maximum Gasteiger partial charge on any atom is 0.410 e. The summed E-state index contributed by atoms with van der Waals surface area (Å²) in [5.41, 5.74) is 12.0. The summed E-state index contributed by atoms with van der Waals surface area (Å²) in [6, 6.07) is 7.35. The highest BCUT2D eigenvalue weighted by atomic mass is 16.6. The van der Waals surface area contributed by atoms with E-state index in [0.717, 1.165) is 17.5 Å². The van der Waals surface area contributed by atoms with E-state index in [4.69, 9.17) is 16.2 Å². The number of ether oxygens (including phenoxy) is 1. The summed E-state index contributed by atoms with van der Waals surface area (Å²) >= 11 is 0. The largest absolute Gasteiger partial charge is 0.444 e. The van der Waals surface area contributed by atoms with E-state index in [9.17, 15) is 4.79 Å². The number of carbonyl (C=O) groups is 1. The van der Waals surface area contributed by atoms with Crippen molar-refractivity contribution in [3.63, 3.8) is 0 Å². The molecule has 0 radical (unpaired) electrons. The molecule has 7 heteroatoms. The SMILES string of the molecule is CN(Cc1ccc(/C(N)=N/N=C\N)cc1)C(=O)OC(C)(C)C. The van der Waals surface area contributed by atoms with Gasteiger partial charge in [0.05, 0.1) is 0 Å². The van der Waals surface area contributed by atoms with Gasteiger partial charge in [-0.05, 0) is 26.3 Å². The molecule has 4 N–H and O–H groups in total. The molecule has 0 unspecified atom stereocenters. The summed E-state index contributed by atoms with van der Waals surface area (Å²) < 4.78 is 5.30. The van der Waals surface area contributed by atoms with Crippen LogP contribution in [0.5, 0.6) is 0 Å². The molecular weight excluding hydrogens is 282 g/mol. The van der Waals surface area contributed by atoms with E-state index in [1.165, 1.54) is 4.90 Å². The zero-order chi connectivity index (χ0) is 16.8. The predicted molar refractivity (Wildman–Crippen MR) is 87.5 cm³/mol. The minimum atomic E-state index is -0.510. The quantitative estimate of drug-likeness (QED) is 0.501. The number of rotatable bonds is 4. The maximum absolute atomic E-state index is 11.9. The second-order valence-corrected chi connectivity index (χ2v) is 5.78. The molecule has 0 aliphatic rings. The van der Waals surface area contributed by atoms with Crippen LogP contribution in [0.25, 0.3) is 0 Å². The molecule has 1 aromatic carbocycles. The van der Waals surface area contributed by atoms with Crippen LogP contribution in [0, 0.1) is 0 Å². The number of carbonyl (C=O) groups excluding carboxylic acids is 1. The summed E-state index contributed by atoms with van der Waals surface area (Å²) in [4.78, 5) is 13.4. The third-order valence-electron chi connectivity index (χ3n) is 2.61. The number of amides is 1. The Bertz CT molecular complexity index is 558. The molecule has 0 saturated heterocycles. The molecule has 1 aromatic rings. The van der Waals surface area contributed by atoms with Crippen LogP contribution in [0.1, 0.15) is 31.9 Å². The van der Waals surface area contributed by atoms with Crippen molar-refractivity contribution in [1.29, 1.82) is 0 Å². The number of hydrogen-bond donors (Lipinski definition) is 2. The maximum atomic E-state index is 11.9. The molecule has 0 aliphatic carbocycles. The minimum Gasteiger partial charge on any atom is -0.444 e. The van der Waals surface area contributed by atoms with E-state index >= 15 is 0 Å². The van der Waals surface area contributed by atoms with Crippen molar-refractivity contribution >= 4 is 18.3 Å².